The quantitative estimate of drug-likeness (QED) is 0.807. The first kappa shape index (κ1) is 19.1. The highest BCUT2D eigenvalue weighted by molar-refractivity contribution is 7.14. The Morgan fingerprint density at radius 2 is 2.04 bits per heavy atom. The van der Waals surface area contributed by atoms with E-state index in [0.29, 0.717) is 29.4 Å². The van der Waals surface area contributed by atoms with Gasteiger partial charge in [0.1, 0.15) is 16.2 Å². The molecule has 0 atom stereocenters. The number of thiazole rings is 1. The number of carbonyl (C=O) groups excluding carboxylic acids is 3. The lowest BCUT2D eigenvalue weighted by atomic mass is 10.0. The van der Waals surface area contributed by atoms with Gasteiger partial charge in [-0.2, -0.15) is 0 Å². The molecule has 0 saturated carbocycles. The van der Waals surface area contributed by atoms with Crippen LogP contribution in [0.2, 0.25) is 0 Å². The van der Waals surface area contributed by atoms with Gasteiger partial charge in [-0.15, -0.1) is 11.3 Å². The van der Waals surface area contributed by atoms with Crippen LogP contribution in [0, 0.1) is 6.92 Å². The fourth-order valence-corrected chi connectivity index (χ4v) is 3.07. The zero-order valence-corrected chi connectivity index (χ0v) is 16.0. The Morgan fingerprint density at radius 1 is 1.36 bits per heavy atom. The van der Waals surface area contributed by atoms with Crippen LogP contribution < -0.4 is 5.32 Å². The molecule has 1 aliphatic rings. The van der Waals surface area contributed by atoms with Gasteiger partial charge in [0.2, 0.25) is 5.78 Å². The molecule has 25 heavy (non-hydrogen) atoms. The monoisotopic (exact) mass is 365 g/mol. The van der Waals surface area contributed by atoms with E-state index in [2.05, 4.69) is 10.3 Å². The van der Waals surface area contributed by atoms with Crippen LogP contribution >= 0.6 is 11.3 Å². The van der Waals surface area contributed by atoms with Crippen molar-refractivity contribution in [2.75, 3.05) is 20.1 Å². The highest BCUT2D eigenvalue weighted by atomic mass is 32.1. The molecular weight excluding hydrogens is 342 g/mol. The minimum Gasteiger partial charge on any atom is -0.444 e. The van der Waals surface area contributed by atoms with Crippen molar-refractivity contribution < 1.29 is 19.1 Å². The van der Waals surface area contributed by atoms with Gasteiger partial charge in [-0.1, -0.05) is 0 Å². The lowest BCUT2D eigenvalue weighted by molar-refractivity contribution is 0.0297. The Morgan fingerprint density at radius 3 is 2.68 bits per heavy atom. The van der Waals surface area contributed by atoms with Crippen molar-refractivity contribution in [2.24, 2.45) is 0 Å². The van der Waals surface area contributed by atoms with Crippen molar-refractivity contribution in [2.45, 2.75) is 39.7 Å². The number of hydrogen-bond acceptors (Lipinski definition) is 7. The second-order valence-electron chi connectivity index (χ2n) is 6.84. The van der Waals surface area contributed by atoms with Crippen molar-refractivity contribution in [3.63, 3.8) is 0 Å². The molecule has 1 aromatic heterocycles. The van der Waals surface area contributed by atoms with E-state index in [1.165, 1.54) is 22.3 Å². The molecule has 1 N–H and O–H groups in total. The highest BCUT2D eigenvalue weighted by Crippen LogP contribution is 2.25. The normalized spacial score (nSPS) is 14.0. The van der Waals surface area contributed by atoms with Gasteiger partial charge in [0.15, 0.2) is 5.78 Å². The van der Waals surface area contributed by atoms with Crippen molar-refractivity contribution in [3.8, 4) is 0 Å². The third-order valence-corrected chi connectivity index (χ3v) is 4.37. The average molecular weight is 365 g/mol. The minimum atomic E-state index is -0.535. The summed E-state index contributed by atoms with van der Waals surface area (Å²) < 4.78 is 5.27. The van der Waals surface area contributed by atoms with Gasteiger partial charge in [-0.3, -0.25) is 9.59 Å². The van der Waals surface area contributed by atoms with E-state index >= 15 is 0 Å². The van der Waals surface area contributed by atoms with Crippen LogP contribution in [0.4, 0.5) is 4.79 Å². The number of aryl methyl sites for hydroxylation is 1. The number of ether oxygens (including phenoxy) is 1. The van der Waals surface area contributed by atoms with Crippen molar-refractivity contribution in [3.05, 3.63) is 27.4 Å². The fourth-order valence-electron chi connectivity index (χ4n) is 2.24. The molecule has 1 aromatic rings. The van der Waals surface area contributed by atoms with Gasteiger partial charge in [0, 0.05) is 26.2 Å². The van der Waals surface area contributed by atoms with E-state index in [1.807, 2.05) is 20.8 Å². The first-order valence-corrected chi connectivity index (χ1v) is 8.86. The van der Waals surface area contributed by atoms with Crippen LogP contribution in [0.15, 0.2) is 11.8 Å². The first-order valence-electron chi connectivity index (χ1n) is 8.04. The standard InChI is InChI=1S/C17H23N3O4S/c1-10-19-13-14(22)11(9-12(21)15(13)25-10)18-7-6-8-20(5)16(23)24-17(2,3)4/h9,18H,6-8H2,1-5H3. The molecule has 8 heteroatoms. The molecule has 0 fully saturated rings. The Bertz CT molecular complexity index is 731. The molecule has 0 saturated heterocycles. The molecule has 1 aliphatic carbocycles. The number of hydrogen-bond donors (Lipinski definition) is 1. The number of allylic oxidation sites excluding steroid dienone is 2. The summed E-state index contributed by atoms with van der Waals surface area (Å²) in [6.07, 6.45) is 1.54. The number of aromatic nitrogens is 1. The smallest absolute Gasteiger partial charge is 0.410 e. The van der Waals surface area contributed by atoms with Gasteiger partial charge >= 0.3 is 6.09 Å². The maximum atomic E-state index is 12.3. The van der Waals surface area contributed by atoms with Gasteiger partial charge in [0.05, 0.1) is 10.7 Å². The Labute approximate surface area is 151 Å². The van der Waals surface area contributed by atoms with E-state index in [1.54, 1.807) is 14.0 Å². The number of nitrogens with one attached hydrogen (secondary N) is 1. The largest absolute Gasteiger partial charge is 0.444 e. The number of nitrogens with zero attached hydrogens (tertiary/aromatic N) is 2. The lowest BCUT2D eigenvalue weighted by Crippen LogP contribution is -2.36. The third kappa shape index (κ3) is 4.88. The maximum Gasteiger partial charge on any atom is 0.410 e. The summed E-state index contributed by atoms with van der Waals surface area (Å²) in [4.78, 5) is 42.3. The molecule has 136 valence electrons. The van der Waals surface area contributed by atoms with Crippen molar-refractivity contribution in [1.82, 2.24) is 15.2 Å². The summed E-state index contributed by atoms with van der Waals surface area (Å²) >= 11 is 1.23. The van der Waals surface area contributed by atoms with E-state index < -0.39 is 11.7 Å². The molecule has 1 amide bonds. The second-order valence-corrected chi connectivity index (χ2v) is 8.05. The minimum absolute atomic E-state index is 0.200. The molecule has 0 radical (unpaired) electrons. The zero-order valence-electron chi connectivity index (χ0n) is 15.1. The first-order chi connectivity index (χ1) is 11.6. The molecule has 1 heterocycles. The predicted molar refractivity (Wildman–Crippen MR) is 95.1 cm³/mol. The van der Waals surface area contributed by atoms with Crippen LogP contribution in [0.1, 0.15) is 52.4 Å². The predicted octanol–water partition coefficient (Wildman–Crippen LogP) is 2.56. The maximum absolute atomic E-state index is 12.3. The van der Waals surface area contributed by atoms with Crippen LogP contribution in [-0.2, 0) is 4.74 Å². The van der Waals surface area contributed by atoms with Crippen LogP contribution in [0.3, 0.4) is 0 Å². The SMILES string of the molecule is Cc1nc2c(s1)C(=O)C=C(NCCCN(C)C(=O)OC(C)(C)C)C2=O. The van der Waals surface area contributed by atoms with Crippen LogP contribution in [-0.4, -0.2) is 53.3 Å². The van der Waals surface area contributed by atoms with E-state index in [9.17, 15) is 14.4 Å². The lowest BCUT2D eigenvalue weighted by Gasteiger charge is -2.24. The zero-order chi connectivity index (χ0) is 18.8. The summed E-state index contributed by atoms with van der Waals surface area (Å²) in [5.74, 6) is -0.465. The number of rotatable bonds is 5. The molecule has 0 spiro atoms. The molecule has 0 unspecified atom stereocenters. The molecule has 7 nitrogen and oxygen atoms in total. The number of ketones is 2. The van der Waals surface area contributed by atoms with Gasteiger partial charge < -0.3 is 15.0 Å². The average Bonchev–Trinajstić information content (AvgIpc) is 2.89. The van der Waals surface area contributed by atoms with Gasteiger partial charge in [-0.25, -0.2) is 9.78 Å². The molecule has 0 bridgehead atoms. The third-order valence-electron chi connectivity index (χ3n) is 3.38. The van der Waals surface area contributed by atoms with Crippen LogP contribution in [0.25, 0.3) is 0 Å². The number of amides is 1. The second kappa shape index (κ2) is 7.35. The summed E-state index contributed by atoms with van der Waals surface area (Å²) in [6, 6.07) is 0. The van der Waals surface area contributed by atoms with Crippen LogP contribution in [0.5, 0.6) is 0 Å². The Balaban J connectivity index is 1.83. The molecule has 0 aliphatic heterocycles. The van der Waals surface area contributed by atoms with Gasteiger partial charge in [-0.05, 0) is 34.1 Å². The summed E-state index contributed by atoms with van der Waals surface area (Å²) in [7, 11) is 1.66. The van der Waals surface area contributed by atoms with Crippen molar-refractivity contribution in [1.29, 1.82) is 0 Å². The Kier molecular flexibility index (Phi) is 5.62. The number of fused-ring (bicyclic) bond motifs is 1. The van der Waals surface area contributed by atoms with E-state index in [-0.39, 0.29) is 23.0 Å². The summed E-state index contributed by atoms with van der Waals surface area (Å²) in [6.45, 7) is 8.13. The Hall–Kier alpha value is -2.22. The number of carbonyl (C=O) groups is 3. The van der Waals surface area contributed by atoms with E-state index in [4.69, 9.17) is 4.74 Å². The van der Waals surface area contributed by atoms with Crippen molar-refractivity contribution >= 4 is 29.0 Å². The topological polar surface area (TPSA) is 88.6 Å². The number of Topliss-reactive ketones (excluding diaryl/α,β-unsaturated/α-hetero) is 1. The van der Waals surface area contributed by atoms with Gasteiger partial charge in [0.25, 0.3) is 0 Å². The summed E-state index contributed by atoms with van der Waals surface area (Å²) in [5.41, 5.74) is -0.0572. The molecule has 0 aromatic carbocycles. The van der Waals surface area contributed by atoms with E-state index in [0.717, 1.165) is 0 Å². The molecular formula is C17H23N3O4S. The summed E-state index contributed by atoms with van der Waals surface area (Å²) in [5, 5.41) is 3.67. The highest BCUT2D eigenvalue weighted by Gasteiger charge is 2.29. The molecule has 2 rings (SSSR count). The fraction of sp³-hybridized carbons (Fsp3) is 0.529.